The molecule has 0 spiro atoms. The number of likely N-dealkylation sites (tertiary alicyclic amines) is 1. The number of nitrogens with one attached hydrogen (secondary N) is 2. The molecule has 2 aromatic carbocycles. The number of hydrogen-bond donors (Lipinski definition) is 3. The fourth-order valence-electron chi connectivity index (χ4n) is 3.81. The van der Waals surface area contributed by atoms with Crippen LogP contribution in [0.15, 0.2) is 48.5 Å². The molecule has 4 N–H and O–H groups in total. The van der Waals surface area contributed by atoms with E-state index in [1.54, 1.807) is 35.2 Å². The summed E-state index contributed by atoms with van der Waals surface area (Å²) in [6.45, 7) is 2.45. The number of halogens is 1. The number of nitrogens with zero attached hydrogens (tertiary/aromatic N) is 1. The van der Waals surface area contributed by atoms with Gasteiger partial charge in [-0.2, -0.15) is 0 Å². The summed E-state index contributed by atoms with van der Waals surface area (Å²) in [5, 5.41) is 6.16. The lowest BCUT2D eigenvalue weighted by atomic mass is 9.99. The highest BCUT2D eigenvalue weighted by atomic mass is 35.5. The Labute approximate surface area is 198 Å². The highest BCUT2D eigenvalue weighted by Crippen LogP contribution is 2.24. The molecule has 0 bridgehead atoms. The van der Waals surface area contributed by atoms with Crippen molar-refractivity contribution in [2.24, 2.45) is 5.73 Å². The molecule has 1 aliphatic heterocycles. The number of carbonyl (C=O) groups is 3. The number of rotatable bonds is 8. The summed E-state index contributed by atoms with van der Waals surface area (Å²) in [5.41, 5.74) is 7.05. The Morgan fingerprint density at radius 1 is 1.15 bits per heavy atom. The number of amides is 3. The number of anilines is 1. The van der Waals surface area contributed by atoms with E-state index in [2.05, 4.69) is 17.6 Å². The van der Waals surface area contributed by atoms with Crippen LogP contribution in [0.4, 0.5) is 10.5 Å². The van der Waals surface area contributed by atoms with Gasteiger partial charge in [0.05, 0.1) is 18.5 Å². The first kappa shape index (κ1) is 24.5. The van der Waals surface area contributed by atoms with Crippen LogP contribution in [-0.2, 0) is 27.2 Å². The molecular formula is C24H29ClN4O4. The van der Waals surface area contributed by atoms with Crippen molar-refractivity contribution >= 4 is 35.2 Å². The third kappa shape index (κ3) is 6.69. The molecule has 2 aromatic rings. The zero-order valence-electron chi connectivity index (χ0n) is 18.6. The normalized spacial score (nSPS) is 17.5. The van der Waals surface area contributed by atoms with Crippen LogP contribution in [0.1, 0.15) is 24.5 Å². The molecule has 1 heterocycles. The molecule has 1 aliphatic rings. The summed E-state index contributed by atoms with van der Waals surface area (Å²) >= 11 is 6.18. The van der Waals surface area contributed by atoms with Crippen molar-refractivity contribution in [2.75, 3.05) is 31.6 Å². The van der Waals surface area contributed by atoms with Crippen molar-refractivity contribution in [1.82, 2.24) is 10.2 Å². The van der Waals surface area contributed by atoms with Crippen LogP contribution in [0.5, 0.6) is 0 Å². The van der Waals surface area contributed by atoms with Crippen LogP contribution in [0.25, 0.3) is 0 Å². The molecule has 1 fully saturated rings. The van der Waals surface area contributed by atoms with Crippen molar-refractivity contribution in [1.29, 1.82) is 0 Å². The predicted molar refractivity (Wildman–Crippen MR) is 127 cm³/mol. The van der Waals surface area contributed by atoms with Crippen molar-refractivity contribution in [2.45, 2.75) is 31.7 Å². The monoisotopic (exact) mass is 472 g/mol. The molecule has 0 radical (unpaired) electrons. The van der Waals surface area contributed by atoms with E-state index >= 15 is 0 Å². The second kappa shape index (κ2) is 11.2. The maximum absolute atomic E-state index is 12.8. The Bertz CT molecular complexity index is 998. The number of benzene rings is 2. The Morgan fingerprint density at radius 3 is 2.55 bits per heavy atom. The molecule has 8 nitrogen and oxygen atoms in total. The number of aryl methyl sites for hydroxylation is 1. The summed E-state index contributed by atoms with van der Waals surface area (Å²) in [4.78, 5) is 38.9. The van der Waals surface area contributed by atoms with E-state index in [9.17, 15) is 14.4 Å². The van der Waals surface area contributed by atoms with Crippen molar-refractivity contribution in [3.05, 3.63) is 64.7 Å². The van der Waals surface area contributed by atoms with E-state index in [4.69, 9.17) is 22.1 Å². The molecular weight excluding hydrogens is 444 g/mol. The average Bonchev–Trinajstić information content (AvgIpc) is 3.23. The standard InChI is InChI=1S/C24H29ClN4O4/c1-2-17-7-9-19(10-8-17)27-23(32)33-16-24(11-12-29(15-24)22(31)14-26)28-21(30)13-18-5-3-4-6-20(18)25/h3-10H,2,11-16,26H2,1H3,(H,27,32)(H,28,30). The topological polar surface area (TPSA) is 114 Å². The van der Waals surface area contributed by atoms with Crippen LogP contribution in [0, 0.1) is 0 Å². The average molecular weight is 473 g/mol. The van der Waals surface area contributed by atoms with Gasteiger partial charge in [-0.1, -0.05) is 48.9 Å². The van der Waals surface area contributed by atoms with E-state index in [0.29, 0.717) is 29.2 Å². The van der Waals surface area contributed by atoms with Gasteiger partial charge in [-0.15, -0.1) is 0 Å². The Balaban J connectivity index is 1.65. The third-order valence-corrected chi connectivity index (χ3v) is 6.05. The number of ether oxygens (including phenoxy) is 1. The van der Waals surface area contributed by atoms with E-state index < -0.39 is 11.6 Å². The third-order valence-electron chi connectivity index (χ3n) is 5.68. The van der Waals surface area contributed by atoms with E-state index in [1.807, 2.05) is 18.2 Å². The maximum Gasteiger partial charge on any atom is 0.411 e. The lowest BCUT2D eigenvalue weighted by Gasteiger charge is -2.30. The molecule has 176 valence electrons. The molecule has 1 saturated heterocycles. The zero-order valence-corrected chi connectivity index (χ0v) is 19.4. The van der Waals surface area contributed by atoms with Gasteiger partial charge in [-0.25, -0.2) is 4.79 Å². The quantitative estimate of drug-likeness (QED) is 0.546. The minimum Gasteiger partial charge on any atom is -0.447 e. The van der Waals surface area contributed by atoms with E-state index in [1.165, 1.54) is 0 Å². The zero-order chi connectivity index (χ0) is 23.8. The van der Waals surface area contributed by atoms with Crippen LogP contribution in [0.2, 0.25) is 5.02 Å². The fourth-order valence-corrected chi connectivity index (χ4v) is 4.01. The van der Waals surface area contributed by atoms with Gasteiger partial charge in [0.2, 0.25) is 11.8 Å². The molecule has 0 aromatic heterocycles. The molecule has 3 amide bonds. The Hall–Kier alpha value is -3.10. The predicted octanol–water partition coefficient (Wildman–Crippen LogP) is 2.74. The van der Waals surface area contributed by atoms with Crippen LogP contribution < -0.4 is 16.4 Å². The lowest BCUT2D eigenvalue weighted by molar-refractivity contribution is -0.129. The van der Waals surface area contributed by atoms with Gasteiger partial charge in [0, 0.05) is 23.8 Å². The molecule has 9 heteroatoms. The van der Waals surface area contributed by atoms with Gasteiger partial charge < -0.3 is 20.7 Å². The number of nitrogens with two attached hydrogens (primary N) is 1. The Kier molecular flexibility index (Phi) is 8.30. The highest BCUT2D eigenvalue weighted by molar-refractivity contribution is 6.31. The van der Waals surface area contributed by atoms with Crippen molar-refractivity contribution in [3.63, 3.8) is 0 Å². The first-order valence-electron chi connectivity index (χ1n) is 10.9. The summed E-state index contributed by atoms with van der Waals surface area (Å²) in [7, 11) is 0. The number of carbonyl (C=O) groups excluding carboxylic acids is 3. The fraction of sp³-hybridized carbons (Fsp3) is 0.375. The lowest BCUT2D eigenvalue weighted by Crippen LogP contribution is -2.55. The first-order valence-corrected chi connectivity index (χ1v) is 11.3. The number of hydrogen-bond acceptors (Lipinski definition) is 5. The summed E-state index contributed by atoms with van der Waals surface area (Å²) in [5.74, 6) is -0.498. The molecule has 33 heavy (non-hydrogen) atoms. The maximum atomic E-state index is 12.8. The van der Waals surface area contributed by atoms with Gasteiger partial charge in [0.15, 0.2) is 0 Å². The second-order valence-electron chi connectivity index (χ2n) is 8.12. The first-order chi connectivity index (χ1) is 15.8. The molecule has 0 saturated carbocycles. The van der Waals surface area contributed by atoms with Gasteiger partial charge in [-0.05, 0) is 42.2 Å². The largest absolute Gasteiger partial charge is 0.447 e. The minimum atomic E-state index is -0.910. The highest BCUT2D eigenvalue weighted by Gasteiger charge is 2.42. The van der Waals surface area contributed by atoms with Crippen LogP contribution >= 0.6 is 11.6 Å². The van der Waals surface area contributed by atoms with E-state index in [0.717, 1.165) is 12.0 Å². The summed E-state index contributed by atoms with van der Waals surface area (Å²) < 4.78 is 5.47. The van der Waals surface area contributed by atoms with Gasteiger partial charge in [0.1, 0.15) is 6.61 Å². The summed E-state index contributed by atoms with van der Waals surface area (Å²) in [6, 6.07) is 14.6. The smallest absolute Gasteiger partial charge is 0.411 e. The van der Waals surface area contributed by atoms with E-state index in [-0.39, 0.29) is 37.9 Å². The molecule has 1 unspecified atom stereocenters. The Morgan fingerprint density at radius 2 is 1.88 bits per heavy atom. The van der Waals surface area contributed by atoms with Crippen LogP contribution in [-0.4, -0.2) is 54.6 Å². The molecule has 1 atom stereocenters. The minimum absolute atomic E-state index is 0.0717. The van der Waals surface area contributed by atoms with Crippen molar-refractivity contribution in [3.8, 4) is 0 Å². The molecule has 0 aliphatic carbocycles. The second-order valence-corrected chi connectivity index (χ2v) is 8.52. The SMILES string of the molecule is CCc1ccc(NC(=O)OCC2(NC(=O)Cc3ccccc3Cl)CCN(C(=O)CN)C2)cc1. The van der Waals surface area contributed by atoms with Gasteiger partial charge >= 0.3 is 6.09 Å². The van der Waals surface area contributed by atoms with Gasteiger partial charge in [0.25, 0.3) is 0 Å². The molecule has 3 rings (SSSR count). The van der Waals surface area contributed by atoms with Crippen molar-refractivity contribution < 1.29 is 19.1 Å². The van der Waals surface area contributed by atoms with Gasteiger partial charge in [-0.3, -0.25) is 14.9 Å². The summed E-state index contributed by atoms with van der Waals surface area (Å²) in [6.07, 6.45) is 0.773. The van der Waals surface area contributed by atoms with Crippen LogP contribution in [0.3, 0.4) is 0 Å².